The number of nitrogens with zero attached hydrogens (tertiary/aromatic N) is 1. The van der Waals surface area contributed by atoms with Gasteiger partial charge in [0, 0.05) is 24.5 Å². The molecule has 0 heterocycles. The van der Waals surface area contributed by atoms with Crippen molar-refractivity contribution in [3.8, 4) is 11.5 Å². The Morgan fingerprint density at radius 3 is 2.40 bits per heavy atom. The van der Waals surface area contributed by atoms with Gasteiger partial charge in [-0.15, -0.1) is 0 Å². The molecule has 0 aliphatic heterocycles. The van der Waals surface area contributed by atoms with Crippen molar-refractivity contribution < 1.29 is 19.1 Å². The number of hydrogen-bond donors (Lipinski definition) is 1. The van der Waals surface area contributed by atoms with E-state index in [-0.39, 0.29) is 25.0 Å². The van der Waals surface area contributed by atoms with E-state index >= 15 is 0 Å². The second kappa shape index (κ2) is 13.0. The predicted molar refractivity (Wildman–Crippen MR) is 138 cm³/mol. The van der Waals surface area contributed by atoms with Gasteiger partial charge < -0.3 is 19.7 Å². The van der Waals surface area contributed by atoms with Crippen LogP contribution in [0.5, 0.6) is 11.5 Å². The summed E-state index contributed by atoms with van der Waals surface area (Å²) in [5.74, 6) is 0.406. The van der Waals surface area contributed by atoms with E-state index in [9.17, 15) is 9.59 Å². The molecule has 35 heavy (non-hydrogen) atoms. The van der Waals surface area contributed by atoms with Crippen LogP contribution in [-0.2, 0) is 22.6 Å². The number of carbonyl (C=O) groups excluding carboxylic acids is 2. The third kappa shape index (κ3) is 7.64. The van der Waals surface area contributed by atoms with Crippen molar-refractivity contribution in [2.45, 2.75) is 25.9 Å². The van der Waals surface area contributed by atoms with Crippen LogP contribution in [-0.4, -0.2) is 43.0 Å². The fraction of sp³-hybridized carbons (Fsp3) is 0.259. The fourth-order valence-electron chi connectivity index (χ4n) is 3.63. The monoisotopic (exact) mass is 514 g/mol. The molecule has 1 atom stereocenters. The van der Waals surface area contributed by atoms with Crippen molar-refractivity contribution in [1.29, 1.82) is 0 Å². The Kier molecular flexibility index (Phi) is 9.82. The Labute approximate surface area is 215 Å². The first-order valence-corrected chi connectivity index (χ1v) is 12.0. The van der Waals surface area contributed by atoms with Crippen LogP contribution >= 0.6 is 23.2 Å². The molecule has 3 aromatic carbocycles. The first-order valence-electron chi connectivity index (χ1n) is 11.2. The molecule has 6 nitrogen and oxygen atoms in total. The van der Waals surface area contributed by atoms with E-state index in [1.165, 1.54) is 4.90 Å². The molecule has 184 valence electrons. The first kappa shape index (κ1) is 26.4. The highest BCUT2D eigenvalue weighted by molar-refractivity contribution is 6.35. The number of rotatable bonds is 11. The lowest BCUT2D eigenvalue weighted by molar-refractivity contribution is -0.142. The predicted octanol–water partition coefficient (Wildman–Crippen LogP) is 5.16. The van der Waals surface area contributed by atoms with Crippen LogP contribution < -0.4 is 14.8 Å². The molecule has 0 radical (unpaired) electrons. The largest absolute Gasteiger partial charge is 0.497 e. The highest BCUT2D eigenvalue weighted by Crippen LogP contribution is 2.27. The molecule has 3 rings (SSSR count). The fourth-order valence-corrected chi connectivity index (χ4v) is 4.09. The van der Waals surface area contributed by atoms with Crippen molar-refractivity contribution >= 4 is 35.0 Å². The molecule has 0 bridgehead atoms. The summed E-state index contributed by atoms with van der Waals surface area (Å²) in [5, 5.41) is 3.63. The highest BCUT2D eigenvalue weighted by atomic mass is 35.5. The van der Waals surface area contributed by atoms with Crippen molar-refractivity contribution in [1.82, 2.24) is 10.2 Å². The second-order valence-electron chi connectivity index (χ2n) is 7.84. The third-order valence-electron chi connectivity index (χ3n) is 5.35. The maximum absolute atomic E-state index is 13.5. The van der Waals surface area contributed by atoms with Crippen molar-refractivity contribution in [2.24, 2.45) is 0 Å². The van der Waals surface area contributed by atoms with Gasteiger partial charge >= 0.3 is 0 Å². The summed E-state index contributed by atoms with van der Waals surface area (Å²) in [4.78, 5) is 28.2. The number of methoxy groups -OCH3 is 1. The summed E-state index contributed by atoms with van der Waals surface area (Å²) in [7, 11) is 1.58. The molecule has 0 aromatic heterocycles. The normalized spacial score (nSPS) is 11.4. The minimum Gasteiger partial charge on any atom is -0.497 e. The lowest BCUT2D eigenvalue weighted by Gasteiger charge is -2.31. The van der Waals surface area contributed by atoms with E-state index in [0.717, 1.165) is 11.1 Å². The van der Waals surface area contributed by atoms with Gasteiger partial charge in [0.25, 0.3) is 5.91 Å². The van der Waals surface area contributed by atoms with Gasteiger partial charge in [0.2, 0.25) is 5.91 Å². The Morgan fingerprint density at radius 1 is 0.971 bits per heavy atom. The zero-order chi connectivity index (χ0) is 25.2. The Hall–Kier alpha value is -3.22. The van der Waals surface area contributed by atoms with E-state index in [2.05, 4.69) is 5.32 Å². The SMILES string of the molecule is CCNC(=O)C(Cc1ccccc1)N(Cc1cccc(OC)c1)C(=O)COc1ccc(Cl)cc1Cl. The quantitative estimate of drug-likeness (QED) is 0.383. The van der Waals surface area contributed by atoms with Gasteiger partial charge in [-0.2, -0.15) is 0 Å². The van der Waals surface area contributed by atoms with Crippen LogP contribution in [0.2, 0.25) is 10.0 Å². The van der Waals surface area contributed by atoms with E-state index < -0.39 is 6.04 Å². The maximum Gasteiger partial charge on any atom is 0.261 e. The lowest BCUT2D eigenvalue weighted by atomic mass is 10.0. The molecule has 0 saturated carbocycles. The third-order valence-corrected chi connectivity index (χ3v) is 5.88. The number of hydrogen-bond acceptors (Lipinski definition) is 4. The van der Waals surface area contributed by atoms with Gasteiger partial charge in [-0.05, 0) is 48.4 Å². The molecule has 1 unspecified atom stereocenters. The number of amides is 2. The van der Waals surface area contributed by atoms with Crippen LogP contribution in [0.25, 0.3) is 0 Å². The molecule has 3 aromatic rings. The van der Waals surface area contributed by atoms with E-state index in [1.807, 2.05) is 61.5 Å². The summed E-state index contributed by atoms with van der Waals surface area (Å²) in [5.41, 5.74) is 1.76. The van der Waals surface area contributed by atoms with Crippen LogP contribution in [0, 0.1) is 0 Å². The molecule has 0 aliphatic carbocycles. The van der Waals surface area contributed by atoms with E-state index in [4.69, 9.17) is 32.7 Å². The molecule has 8 heteroatoms. The molecular formula is C27H28Cl2N2O4. The number of nitrogens with one attached hydrogen (secondary N) is 1. The number of ether oxygens (including phenoxy) is 2. The van der Waals surface area contributed by atoms with Crippen LogP contribution in [0.1, 0.15) is 18.1 Å². The zero-order valence-electron chi connectivity index (χ0n) is 19.7. The number of likely N-dealkylation sites (N-methyl/N-ethyl adjacent to an activating group) is 1. The van der Waals surface area contributed by atoms with Gasteiger partial charge in [0.1, 0.15) is 17.5 Å². The van der Waals surface area contributed by atoms with Crippen molar-refractivity contribution in [3.63, 3.8) is 0 Å². The number of carbonyl (C=O) groups is 2. The topological polar surface area (TPSA) is 67.9 Å². The first-order chi connectivity index (χ1) is 16.9. The van der Waals surface area contributed by atoms with Crippen LogP contribution in [0.3, 0.4) is 0 Å². The van der Waals surface area contributed by atoms with Crippen molar-refractivity contribution in [2.75, 3.05) is 20.3 Å². The maximum atomic E-state index is 13.5. The standard InChI is InChI=1S/C27H28Cl2N2O4/c1-3-30-27(33)24(15-19-8-5-4-6-9-19)31(17-20-10-7-11-22(14-20)34-2)26(32)18-35-25-13-12-21(28)16-23(25)29/h4-14,16,24H,3,15,17-18H2,1-2H3,(H,30,33). The second-order valence-corrected chi connectivity index (χ2v) is 8.68. The van der Waals surface area contributed by atoms with Gasteiger partial charge in [-0.1, -0.05) is 65.7 Å². The summed E-state index contributed by atoms with van der Waals surface area (Å²) >= 11 is 12.2. The summed E-state index contributed by atoms with van der Waals surface area (Å²) < 4.78 is 11.1. The molecule has 0 spiro atoms. The minimum absolute atomic E-state index is 0.197. The lowest BCUT2D eigenvalue weighted by Crippen LogP contribution is -2.51. The molecule has 2 amide bonds. The Bertz CT molecular complexity index is 1140. The Balaban J connectivity index is 1.91. The zero-order valence-corrected chi connectivity index (χ0v) is 21.2. The van der Waals surface area contributed by atoms with Gasteiger partial charge in [-0.25, -0.2) is 0 Å². The van der Waals surface area contributed by atoms with E-state index in [0.29, 0.717) is 34.5 Å². The summed E-state index contributed by atoms with van der Waals surface area (Å²) in [6, 6.07) is 21.0. The molecule has 1 N–H and O–H groups in total. The van der Waals surface area contributed by atoms with E-state index in [1.54, 1.807) is 25.3 Å². The van der Waals surface area contributed by atoms with Gasteiger partial charge in [0.05, 0.1) is 12.1 Å². The van der Waals surface area contributed by atoms with Crippen LogP contribution in [0.15, 0.2) is 72.8 Å². The number of benzene rings is 3. The molecule has 0 aliphatic rings. The Morgan fingerprint density at radius 2 is 1.71 bits per heavy atom. The smallest absolute Gasteiger partial charge is 0.261 e. The molecule has 0 fully saturated rings. The summed E-state index contributed by atoms with van der Waals surface area (Å²) in [6.45, 7) is 2.19. The molecular weight excluding hydrogens is 487 g/mol. The van der Waals surface area contributed by atoms with Crippen molar-refractivity contribution in [3.05, 3.63) is 94.0 Å². The molecule has 0 saturated heterocycles. The highest BCUT2D eigenvalue weighted by Gasteiger charge is 2.30. The summed E-state index contributed by atoms with van der Waals surface area (Å²) in [6.07, 6.45) is 0.351. The minimum atomic E-state index is -0.750. The van der Waals surface area contributed by atoms with Crippen LogP contribution in [0.4, 0.5) is 0 Å². The average molecular weight is 515 g/mol. The number of halogens is 2. The van der Waals surface area contributed by atoms with Gasteiger partial charge in [-0.3, -0.25) is 9.59 Å². The average Bonchev–Trinajstić information content (AvgIpc) is 2.86. The van der Waals surface area contributed by atoms with Gasteiger partial charge in [0.15, 0.2) is 6.61 Å².